The van der Waals surface area contributed by atoms with Crippen molar-refractivity contribution >= 4 is 0 Å². The van der Waals surface area contributed by atoms with Gasteiger partial charge in [-0.15, -0.1) is 0 Å². The zero-order valence-electron chi connectivity index (χ0n) is 12.3. The van der Waals surface area contributed by atoms with Crippen molar-refractivity contribution < 1.29 is 4.74 Å². The molecule has 1 saturated heterocycles. The number of hydrogen-bond donors (Lipinski definition) is 2. The Morgan fingerprint density at radius 2 is 2.16 bits per heavy atom. The summed E-state index contributed by atoms with van der Waals surface area (Å²) < 4.78 is 5.47. The van der Waals surface area contributed by atoms with Crippen LogP contribution in [0.25, 0.3) is 0 Å². The second kappa shape index (κ2) is 6.51. The summed E-state index contributed by atoms with van der Waals surface area (Å²) in [6.07, 6.45) is 0. The molecule has 0 saturated carbocycles. The Hall–Kier alpha value is -0.900. The van der Waals surface area contributed by atoms with Crippen molar-refractivity contribution in [1.82, 2.24) is 10.6 Å². The lowest BCUT2D eigenvalue weighted by Crippen LogP contribution is -2.48. The molecule has 106 valence electrons. The summed E-state index contributed by atoms with van der Waals surface area (Å²) in [7, 11) is 0. The highest BCUT2D eigenvalue weighted by Crippen LogP contribution is 2.25. The molecule has 2 N–H and O–H groups in total. The van der Waals surface area contributed by atoms with Crippen molar-refractivity contribution in [2.75, 3.05) is 32.8 Å². The SMILES string of the molecule is Cc1ccccc1C(C)(C)CNCC1COCCN1. The number of rotatable bonds is 5. The summed E-state index contributed by atoms with van der Waals surface area (Å²) in [5, 5.41) is 7.05. The molecule has 3 heteroatoms. The zero-order valence-corrected chi connectivity index (χ0v) is 12.3. The Morgan fingerprint density at radius 3 is 2.84 bits per heavy atom. The van der Waals surface area contributed by atoms with E-state index in [9.17, 15) is 0 Å². The summed E-state index contributed by atoms with van der Waals surface area (Å²) >= 11 is 0. The van der Waals surface area contributed by atoms with Crippen molar-refractivity contribution in [3.8, 4) is 0 Å². The van der Waals surface area contributed by atoms with Gasteiger partial charge in [-0.05, 0) is 18.1 Å². The summed E-state index contributed by atoms with van der Waals surface area (Å²) in [4.78, 5) is 0. The predicted octanol–water partition coefficient (Wildman–Crippen LogP) is 1.85. The molecule has 0 aromatic heterocycles. The van der Waals surface area contributed by atoms with Crippen molar-refractivity contribution in [2.45, 2.75) is 32.2 Å². The molecule has 1 unspecified atom stereocenters. The molecule has 1 aromatic carbocycles. The van der Waals surface area contributed by atoms with Crippen LogP contribution in [0.3, 0.4) is 0 Å². The van der Waals surface area contributed by atoms with Crippen molar-refractivity contribution in [3.63, 3.8) is 0 Å². The van der Waals surface area contributed by atoms with Gasteiger partial charge in [-0.2, -0.15) is 0 Å². The average Bonchev–Trinajstić information content (AvgIpc) is 2.40. The minimum atomic E-state index is 0.154. The Morgan fingerprint density at radius 1 is 1.37 bits per heavy atom. The third-order valence-corrected chi connectivity index (χ3v) is 3.83. The van der Waals surface area contributed by atoms with Gasteiger partial charge in [0.05, 0.1) is 13.2 Å². The van der Waals surface area contributed by atoms with Crippen LogP contribution in [0, 0.1) is 6.92 Å². The molecule has 0 amide bonds. The van der Waals surface area contributed by atoms with Gasteiger partial charge in [0, 0.05) is 31.1 Å². The summed E-state index contributed by atoms with van der Waals surface area (Å²) in [5.74, 6) is 0. The van der Waals surface area contributed by atoms with Gasteiger partial charge in [-0.1, -0.05) is 38.1 Å². The second-order valence-electron chi connectivity index (χ2n) is 6.06. The number of morpholine rings is 1. The van der Waals surface area contributed by atoms with E-state index in [-0.39, 0.29) is 5.41 Å². The van der Waals surface area contributed by atoms with E-state index in [0.717, 1.165) is 32.8 Å². The first-order chi connectivity index (χ1) is 9.09. The fourth-order valence-corrected chi connectivity index (χ4v) is 2.74. The molecule has 0 radical (unpaired) electrons. The standard InChI is InChI=1S/C16H26N2O/c1-13-6-4-5-7-15(13)16(2,3)12-17-10-14-11-19-9-8-18-14/h4-7,14,17-18H,8-12H2,1-3H3. The normalized spacial score (nSPS) is 20.5. The molecule has 1 aliphatic heterocycles. The quantitative estimate of drug-likeness (QED) is 0.849. The van der Waals surface area contributed by atoms with E-state index < -0.39 is 0 Å². The molecule has 1 atom stereocenters. The smallest absolute Gasteiger partial charge is 0.0632 e. The lowest BCUT2D eigenvalue weighted by molar-refractivity contribution is 0.0764. The summed E-state index contributed by atoms with van der Waals surface area (Å²) in [6.45, 7) is 11.4. The van der Waals surface area contributed by atoms with Crippen LogP contribution in [-0.4, -0.2) is 38.9 Å². The van der Waals surface area contributed by atoms with Crippen LogP contribution in [0.1, 0.15) is 25.0 Å². The maximum absolute atomic E-state index is 5.47. The molecule has 1 heterocycles. The fraction of sp³-hybridized carbons (Fsp3) is 0.625. The van der Waals surface area contributed by atoms with Crippen molar-refractivity contribution in [1.29, 1.82) is 0 Å². The van der Waals surface area contributed by atoms with Crippen LogP contribution >= 0.6 is 0 Å². The topological polar surface area (TPSA) is 33.3 Å². The van der Waals surface area contributed by atoms with Gasteiger partial charge in [-0.25, -0.2) is 0 Å². The lowest BCUT2D eigenvalue weighted by Gasteiger charge is -2.30. The first-order valence-corrected chi connectivity index (χ1v) is 7.17. The molecular weight excluding hydrogens is 236 g/mol. The van der Waals surface area contributed by atoms with Crippen molar-refractivity contribution in [2.24, 2.45) is 0 Å². The monoisotopic (exact) mass is 262 g/mol. The number of benzene rings is 1. The van der Waals surface area contributed by atoms with Crippen LogP contribution in [0.5, 0.6) is 0 Å². The predicted molar refractivity (Wildman–Crippen MR) is 79.7 cm³/mol. The van der Waals surface area contributed by atoms with Gasteiger partial charge in [-0.3, -0.25) is 0 Å². The summed E-state index contributed by atoms with van der Waals surface area (Å²) in [6, 6.07) is 9.10. The molecule has 3 nitrogen and oxygen atoms in total. The lowest BCUT2D eigenvalue weighted by atomic mass is 9.82. The molecule has 1 aliphatic rings. The van der Waals surface area contributed by atoms with E-state index in [1.165, 1.54) is 11.1 Å². The van der Waals surface area contributed by atoms with Gasteiger partial charge in [0.15, 0.2) is 0 Å². The Balaban J connectivity index is 1.85. The minimum Gasteiger partial charge on any atom is -0.378 e. The third kappa shape index (κ3) is 4.03. The van der Waals surface area contributed by atoms with Gasteiger partial charge < -0.3 is 15.4 Å². The molecule has 0 bridgehead atoms. The first kappa shape index (κ1) is 14.5. The Labute approximate surface area is 116 Å². The number of ether oxygens (including phenoxy) is 1. The average molecular weight is 262 g/mol. The maximum Gasteiger partial charge on any atom is 0.0632 e. The van der Waals surface area contributed by atoms with E-state index in [2.05, 4.69) is 55.7 Å². The molecule has 0 spiro atoms. The highest BCUT2D eigenvalue weighted by atomic mass is 16.5. The van der Waals surface area contributed by atoms with Crippen LogP contribution in [0.4, 0.5) is 0 Å². The van der Waals surface area contributed by atoms with Gasteiger partial charge in [0.1, 0.15) is 0 Å². The molecule has 1 fully saturated rings. The maximum atomic E-state index is 5.47. The van der Waals surface area contributed by atoms with E-state index in [4.69, 9.17) is 4.74 Å². The molecule has 0 aliphatic carbocycles. The van der Waals surface area contributed by atoms with Crippen molar-refractivity contribution in [3.05, 3.63) is 35.4 Å². The number of aryl methyl sites for hydroxylation is 1. The highest BCUT2D eigenvalue weighted by molar-refractivity contribution is 5.32. The largest absolute Gasteiger partial charge is 0.378 e. The third-order valence-electron chi connectivity index (χ3n) is 3.83. The minimum absolute atomic E-state index is 0.154. The Kier molecular flexibility index (Phi) is 4.97. The molecule has 2 rings (SSSR count). The van der Waals surface area contributed by atoms with Crippen LogP contribution in [-0.2, 0) is 10.2 Å². The van der Waals surface area contributed by atoms with Crippen LogP contribution in [0.2, 0.25) is 0 Å². The van der Waals surface area contributed by atoms with E-state index in [0.29, 0.717) is 6.04 Å². The molecular formula is C16H26N2O. The molecule has 19 heavy (non-hydrogen) atoms. The number of hydrogen-bond acceptors (Lipinski definition) is 3. The van der Waals surface area contributed by atoms with Crippen LogP contribution in [0.15, 0.2) is 24.3 Å². The van der Waals surface area contributed by atoms with Crippen LogP contribution < -0.4 is 10.6 Å². The molecule has 1 aromatic rings. The van der Waals surface area contributed by atoms with E-state index in [1.54, 1.807) is 0 Å². The Bertz CT molecular complexity index is 397. The first-order valence-electron chi connectivity index (χ1n) is 7.17. The second-order valence-corrected chi connectivity index (χ2v) is 6.06. The van der Waals surface area contributed by atoms with Gasteiger partial charge in [0.2, 0.25) is 0 Å². The van der Waals surface area contributed by atoms with E-state index in [1.807, 2.05) is 0 Å². The van der Waals surface area contributed by atoms with Gasteiger partial charge in [0.25, 0.3) is 0 Å². The summed E-state index contributed by atoms with van der Waals surface area (Å²) in [5.41, 5.74) is 2.95. The number of nitrogens with one attached hydrogen (secondary N) is 2. The van der Waals surface area contributed by atoms with E-state index >= 15 is 0 Å². The zero-order chi connectivity index (χ0) is 13.7. The fourth-order valence-electron chi connectivity index (χ4n) is 2.74. The van der Waals surface area contributed by atoms with Gasteiger partial charge >= 0.3 is 0 Å². The highest BCUT2D eigenvalue weighted by Gasteiger charge is 2.22.